The van der Waals surface area contributed by atoms with E-state index in [4.69, 9.17) is 16.6 Å². The Hall–Kier alpha value is -1.92. The largest absolute Gasteiger partial charge is 0.467 e. The summed E-state index contributed by atoms with van der Waals surface area (Å²) in [5, 5.41) is 3.57. The number of para-hydroxylation sites is 1. The Balaban J connectivity index is 1.58. The van der Waals surface area contributed by atoms with E-state index in [1.54, 1.807) is 24.5 Å². The van der Waals surface area contributed by atoms with E-state index in [0.29, 0.717) is 17.3 Å². The van der Waals surface area contributed by atoms with Crippen molar-refractivity contribution in [3.8, 4) is 0 Å². The van der Waals surface area contributed by atoms with Gasteiger partial charge in [0, 0.05) is 6.54 Å². The molecule has 3 rings (SSSR count). The van der Waals surface area contributed by atoms with Gasteiger partial charge in [0.05, 0.1) is 18.5 Å². The van der Waals surface area contributed by atoms with Crippen molar-refractivity contribution in [3.05, 3.63) is 54.2 Å². The Kier molecular flexibility index (Phi) is 7.66. The minimum Gasteiger partial charge on any atom is -0.467 e. The second-order valence-electron chi connectivity index (χ2n) is 7.02. The first-order chi connectivity index (χ1) is 13.2. The number of rotatable bonds is 7. The van der Waals surface area contributed by atoms with Gasteiger partial charge in [0.1, 0.15) is 11.6 Å². The van der Waals surface area contributed by atoms with Gasteiger partial charge in [-0.3, -0.25) is 0 Å². The van der Waals surface area contributed by atoms with Crippen molar-refractivity contribution in [1.82, 2.24) is 9.80 Å². The van der Waals surface area contributed by atoms with Crippen LogP contribution in [0.5, 0.6) is 0 Å². The summed E-state index contributed by atoms with van der Waals surface area (Å²) in [7, 11) is 0. The fourth-order valence-corrected chi connectivity index (χ4v) is 3.71. The molecule has 2 heterocycles. The van der Waals surface area contributed by atoms with Crippen molar-refractivity contribution < 1.29 is 8.81 Å². The molecule has 1 aromatic carbocycles. The van der Waals surface area contributed by atoms with Crippen molar-refractivity contribution >= 4 is 23.0 Å². The van der Waals surface area contributed by atoms with Crippen LogP contribution in [0.4, 0.5) is 10.1 Å². The standard InChI is InChI=1S/C21H28FN3OS/c22-19-10-3-4-11-20(19)23-21(27)25(17-18-9-7-16-26-18)15-8-14-24-12-5-1-2-6-13-24/h3-4,7,9-11,16H,1-2,5-6,8,12-15,17H2,(H,23,27). The molecule has 0 atom stereocenters. The van der Waals surface area contributed by atoms with Crippen LogP contribution >= 0.6 is 12.2 Å². The molecule has 0 amide bonds. The Bertz CT molecular complexity index is 699. The number of thiocarbonyl (C=S) groups is 1. The van der Waals surface area contributed by atoms with Crippen LogP contribution in [0.1, 0.15) is 37.9 Å². The molecule has 0 spiro atoms. The summed E-state index contributed by atoms with van der Waals surface area (Å²) in [5.74, 6) is 0.546. The van der Waals surface area contributed by atoms with E-state index in [0.717, 1.165) is 25.3 Å². The highest BCUT2D eigenvalue weighted by Gasteiger charge is 2.15. The third-order valence-corrected chi connectivity index (χ3v) is 5.29. The lowest BCUT2D eigenvalue weighted by molar-refractivity contribution is 0.262. The summed E-state index contributed by atoms with van der Waals surface area (Å²) in [6.07, 6.45) is 7.96. The van der Waals surface area contributed by atoms with E-state index in [9.17, 15) is 4.39 Å². The van der Waals surface area contributed by atoms with Gasteiger partial charge >= 0.3 is 0 Å². The molecular formula is C21H28FN3OS. The number of nitrogens with zero attached hydrogens (tertiary/aromatic N) is 2. The van der Waals surface area contributed by atoms with E-state index in [1.807, 2.05) is 12.1 Å². The molecule has 146 valence electrons. The zero-order valence-corrected chi connectivity index (χ0v) is 16.5. The zero-order valence-electron chi connectivity index (χ0n) is 15.7. The zero-order chi connectivity index (χ0) is 18.9. The molecule has 0 aliphatic carbocycles. The minimum absolute atomic E-state index is 0.303. The van der Waals surface area contributed by atoms with Gasteiger partial charge in [-0.1, -0.05) is 25.0 Å². The van der Waals surface area contributed by atoms with E-state index in [-0.39, 0.29) is 5.82 Å². The summed E-state index contributed by atoms with van der Waals surface area (Å²) in [6.45, 7) is 4.83. The van der Waals surface area contributed by atoms with Crippen LogP contribution in [-0.4, -0.2) is 41.1 Å². The summed E-state index contributed by atoms with van der Waals surface area (Å²) in [4.78, 5) is 4.60. The highest BCUT2D eigenvalue weighted by atomic mass is 32.1. The predicted molar refractivity (Wildman–Crippen MR) is 111 cm³/mol. The number of hydrogen-bond acceptors (Lipinski definition) is 3. The van der Waals surface area contributed by atoms with Crippen LogP contribution in [0.15, 0.2) is 47.1 Å². The molecule has 0 bridgehead atoms. The quantitative estimate of drug-likeness (QED) is 0.682. The van der Waals surface area contributed by atoms with Gasteiger partial charge in [-0.2, -0.15) is 0 Å². The molecule has 0 unspecified atom stereocenters. The number of nitrogens with one attached hydrogen (secondary N) is 1. The predicted octanol–water partition coefficient (Wildman–Crippen LogP) is 4.88. The van der Waals surface area contributed by atoms with Crippen LogP contribution in [0.2, 0.25) is 0 Å². The average molecular weight is 390 g/mol. The third kappa shape index (κ3) is 6.33. The smallest absolute Gasteiger partial charge is 0.173 e. The van der Waals surface area contributed by atoms with Gasteiger partial charge in [0.15, 0.2) is 5.11 Å². The van der Waals surface area contributed by atoms with Gasteiger partial charge < -0.3 is 19.5 Å². The van der Waals surface area contributed by atoms with Gasteiger partial charge in [0.2, 0.25) is 0 Å². The number of anilines is 1. The fraction of sp³-hybridized carbons (Fsp3) is 0.476. The Labute approximate surface area is 166 Å². The van der Waals surface area contributed by atoms with Crippen molar-refractivity contribution in [2.75, 3.05) is 31.5 Å². The van der Waals surface area contributed by atoms with E-state index >= 15 is 0 Å². The minimum atomic E-state index is -0.303. The SMILES string of the molecule is Fc1ccccc1NC(=S)N(CCCN1CCCCCC1)Cc1ccco1. The molecule has 0 radical (unpaired) electrons. The highest BCUT2D eigenvalue weighted by Crippen LogP contribution is 2.15. The molecule has 27 heavy (non-hydrogen) atoms. The maximum Gasteiger partial charge on any atom is 0.173 e. The molecule has 1 saturated heterocycles. The monoisotopic (exact) mass is 389 g/mol. The first-order valence-electron chi connectivity index (χ1n) is 9.77. The van der Waals surface area contributed by atoms with Crippen LogP contribution in [0, 0.1) is 5.82 Å². The first kappa shape index (κ1) is 19.8. The Morgan fingerprint density at radius 1 is 1.11 bits per heavy atom. The highest BCUT2D eigenvalue weighted by molar-refractivity contribution is 7.80. The number of furan rings is 1. The van der Waals surface area contributed by atoms with E-state index < -0.39 is 0 Å². The summed E-state index contributed by atoms with van der Waals surface area (Å²) < 4.78 is 19.4. The van der Waals surface area contributed by atoms with E-state index in [1.165, 1.54) is 44.8 Å². The van der Waals surface area contributed by atoms with Gasteiger partial charge in [-0.05, 0) is 75.4 Å². The lowest BCUT2D eigenvalue weighted by Gasteiger charge is -2.27. The number of likely N-dealkylation sites (tertiary alicyclic amines) is 1. The van der Waals surface area contributed by atoms with Gasteiger partial charge in [-0.15, -0.1) is 0 Å². The van der Waals surface area contributed by atoms with Crippen molar-refractivity contribution in [1.29, 1.82) is 0 Å². The second kappa shape index (κ2) is 10.4. The van der Waals surface area contributed by atoms with Crippen molar-refractivity contribution in [3.63, 3.8) is 0 Å². The lowest BCUT2D eigenvalue weighted by Crippen LogP contribution is -2.37. The summed E-state index contributed by atoms with van der Waals surface area (Å²) >= 11 is 5.57. The van der Waals surface area contributed by atoms with Crippen LogP contribution in [0.3, 0.4) is 0 Å². The summed E-state index contributed by atoms with van der Waals surface area (Å²) in [5.41, 5.74) is 0.402. The number of hydrogen-bond donors (Lipinski definition) is 1. The van der Waals surface area contributed by atoms with Gasteiger partial charge in [0.25, 0.3) is 0 Å². The van der Waals surface area contributed by atoms with Crippen molar-refractivity contribution in [2.24, 2.45) is 0 Å². The maximum absolute atomic E-state index is 14.0. The Morgan fingerprint density at radius 3 is 2.59 bits per heavy atom. The first-order valence-corrected chi connectivity index (χ1v) is 10.2. The number of halogens is 1. The molecule has 1 N–H and O–H groups in total. The molecule has 1 fully saturated rings. The molecule has 0 saturated carbocycles. The molecule has 1 aromatic heterocycles. The molecule has 1 aliphatic heterocycles. The average Bonchev–Trinajstić information content (AvgIpc) is 3.04. The van der Waals surface area contributed by atoms with Crippen LogP contribution in [0.25, 0.3) is 0 Å². The topological polar surface area (TPSA) is 31.6 Å². The maximum atomic E-state index is 14.0. The normalized spacial score (nSPS) is 15.3. The van der Waals surface area contributed by atoms with Crippen LogP contribution in [-0.2, 0) is 6.54 Å². The Morgan fingerprint density at radius 2 is 1.89 bits per heavy atom. The molecule has 4 nitrogen and oxygen atoms in total. The number of benzene rings is 1. The lowest BCUT2D eigenvalue weighted by atomic mass is 10.2. The molecule has 2 aromatic rings. The molecular weight excluding hydrogens is 361 g/mol. The molecule has 1 aliphatic rings. The third-order valence-electron chi connectivity index (χ3n) is 4.93. The van der Waals surface area contributed by atoms with E-state index in [2.05, 4.69) is 15.1 Å². The van der Waals surface area contributed by atoms with Crippen molar-refractivity contribution in [2.45, 2.75) is 38.6 Å². The second-order valence-corrected chi connectivity index (χ2v) is 7.41. The van der Waals surface area contributed by atoms with Crippen LogP contribution < -0.4 is 5.32 Å². The van der Waals surface area contributed by atoms with Gasteiger partial charge in [-0.25, -0.2) is 4.39 Å². The summed E-state index contributed by atoms with van der Waals surface area (Å²) in [6, 6.07) is 10.4. The fourth-order valence-electron chi connectivity index (χ4n) is 3.44. The molecule has 6 heteroatoms.